The summed E-state index contributed by atoms with van der Waals surface area (Å²) in [5, 5.41) is 19.6. The Morgan fingerprint density at radius 3 is 1.55 bits per heavy atom. The van der Waals surface area contributed by atoms with Crippen molar-refractivity contribution in [1.29, 1.82) is 0 Å². The summed E-state index contributed by atoms with van der Waals surface area (Å²) in [6.07, 6.45) is 20.0. The van der Waals surface area contributed by atoms with Crippen molar-refractivity contribution in [2.24, 2.45) is 0 Å². The lowest BCUT2D eigenvalue weighted by atomic mass is 10.0. The summed E-state index contributed by atoms with van der Waals surface area (Å²) in [5.74, 6) is -0.191. The fourth-order valence-corrected chi connectivity index (χ4v) is 5.01. The van der Waals surface area contributed by atoms with Crippen molar-refractivity contribution in [2.75, 3.05) is 10.5 Å². The molecule has 0 aromatic heterocycles. The van der Waals surface area contributed by atoms with Crippen molar-refractivity contribution in [1.82, 2.24) is 0 Å². The molecule has 0 atom stereocenters. The van der Waals surface area contributed by atoms with E-state index in [9.17, 15) is 18.6 Å². The summed E-state index contributed by atoms with van der Waals surface area (Å²) in [6, 6.07) is 2.59. The maximum absolute atomic E-state index is 12.2. The Morgan fingerprint density at radius 2 is 1.10 bits per heavy atom. The molecule has 0 bridgehead atoms. The normalized spacial score (nSPS) is 11.7. The molecule has 3 N–H and O–H groups in total. The number of benzene rings is 1. The maximum atomic E-state index is 12.2. The van der Waals surface area contributed by atoms with E-state index in [1.165, 1.54) is 89.2 Å². The third-order valence-electron chi connectivity index (χ3n) is 5.85. The van der Waals surface area contributed by atoms with Crippen LogP contribution in [0.2, 0.25) is 0 Å². The van der Waals surface area contributed by atoms with E-state index < -0.39 is 10.0 Å². The highest BCUT2D eigenvalue weighted by Crippen LogP contribution is 2.31. The molecule has 6 heteroatoms. The number of phenols is 2. The highest BCUT2D eigenvalue weighted by Gasteiger charge is 2.14. The Morgan fingerprint density at radius 1 is 0.677 bits per heavy atom. The number of nitrogens with one attached hydrogen (secondary N) is 1. The van der Waals surface area contributed by atoms with E-state index >= 15 is 0 Å². The fraction of sp³-hybridized carbons (Fsp3) is 0.760. The molecule has 5 nitrogen and oxygen atoms in total. The molecule has 0 saturated heterocycles. The van der Waals surface area contributed by atoms with Crippen LogP contribution >= 0.6 is 0 Å². The Kier molecular flexibility index (Phi) is 14.5. The quantitative estimate of drug-likeness (QED) is 0.115. The highest BCUT2D eigenvalue weighted by atomic mass is 32.2. The molecular weight excluding hydrogens is 410 g/mol. The predicted molar refractivity (Wildman–Crippen MR) is 131 cm³/mol. The van der Waals surface area contributed by atoms with Crippen LogP contribution in [-0.4, -0.2) is 24.4 Å². The zero-order chi connectivity index (χ0) is 23.0. The van der Waals surface area contributed by atoms with Gasteiger partial charge in [-0.3, -0.25) is 4.72 Å². The largest absolute Gasteiger partial charge is 0.508 e. The second kappa shape index (κ2) is 16.2. The summed E-state index contributed by atoms with van der Waals surface area (Å²) in [4.78, 5) is 0. The third kappa shape index (κ3) is 13.6. The SMILES string of the molecule is CCCCCCCCCCCCCCCCCCS(=O)(=O)Nc1cc(O)c(C)cc1O. The molecule has 0 saturated carbocycles. The average molecular weight is 456 g/mol. The van der Waals surface area contributed by atoms with Gasteiger partial charge in [-0.15, -0.1) is 0 Å². The number of hydrogen-bond donors (Lipinski definition) is 3. The van der Waals surface area contributed by atoms with Gasteiger partial charge in [0.05, 0.1) is 11.4 Å². The topological polar surface area (TPSA) is 86.6 Å². The molecule has 0 spiro atoms. The van der Waals surface area contributed by atoms with E-state index in [1.807, 2.05) is 0 Å². The first kappa shape index (κ1) is 27.6. The first-order chi connectivity index (χ1) is 14.9. The van der Waals surface area contributed by atoms with Crippen LogP contribution in [0.15, 0.2) is 12.1 Å². The van der Waals surface area contributed by atoms with Crippen molar-refractivity contribution >= 4 is 15.7 Å². The predicted octanol–water partition coefficient (Wildman–Crippen LogP) is 7.41. The summed E-state index contributed by atoms with van der Waals surface area (Å²) in [6.45, 7) is 3.90. The lowest BCUT2D eigenvalue weighted by Crippen LogP contribution is -2.16. The molecule has 0 fully saturated rings. The molecule has 0 aliphatic carbocycles. The first-order valence-corrected chi connectivity index (χ1v) is 14.0. The van der Waals surface area contributed by atoms with E-state index in [2.05, 4.69) is 11.6 Å². The van der Waals surface area contributed by atoms with Crippen LogP contribution in [0, 0.1) is 6.92 Å². The summed E-state index contributed by atoms with van der Waals surface area (Å²) < 4.78 is 26.8. The molecule has 1 aromatic carbocycles. The molecule has 31 heavy (non-hydrogen) atoms. The van der Waals surface area contributed by atoms with Crippen molar-refractivity contribution in [3.05, 3.63) is 17.7 Å². The van der Waals surface area contributed by atoms with E-state index in [0.717, 1.165) is 19.3 Å². The summed E-state index contributed by atoms with van der Waals surface area (Å²) in [7, 11) is -3.53. The number of anilines is 1. The molecule has 1 aromatic rings. The molecule has 0 aliphatic heterocycles. The van der Waals surface area contributed by atoms with Gasteiger partial charge < -0.3 is 10.2 Å². The van der Waals surface area contributed by atoms with Gasteiger partial charge in [0.25, 0.3) is 0 Å². The zero-order valence-corrected chi connectivity index (χ0v) is 20.6. The van der Waals surface area contributed by atoms with Crippen LogP contribution < -0.4 is 4.72 Å². The van der Waals surface area contributed by atoms with Crippen molar-refractivity contribution in [3.8, 4) is 11.5 Å². The molecule has 0 heterocycles. The standard InChI is InChI=1S/C25H45NO4S/c1-3-4-5-6-7-8-9-10-11-12-13-14-15-16-17-18-19-31(29,30)26-23-21-24(27)22(2)20-25(23)28/h20-21,26-28H,3-19H2,1-2H3. The molecule has 0 radical (unpaired) electrons. The number of aryl methyl sites for hydroxylation is 1. The smallest absolute Gasteiger partial charge is 0.232 e. The number of hydrogen-bond acceptors (Lipinski definition) is 4. The van der Waals surface area contributed by atoms with Gasteiger partial charge in [-0.1, -0.05) is 103 Å². The minimum absolute atomic E-state index is 0.0273. The van der Waals surface area contributed by atoms with Gasteiger partial charge in [0, 0.05) is 6.07 Å². The molecule has 0 aliphatic rings. The molecule has 180 valence electrons. The number of phenolic OH excluding ortho intramolecular Hbond substituents is 2. The lowest BCUT2D eigenvalue weighted by molar-refractivity contribution is 0.458. The van der Waals surface area contributed by atoms with Crippen LogP contribution in [0.25, 0.3) is 0 Å². The van der Waals surface area contributed by atoms with Crippen molar-refractivity contribution in [2.45, 2.75) is 117 Å². The van der Waals surface area contributed by atoms with Crippen LogP contribution in [0.5, 0.6) is 11.5 Å². The molecule has 0 unspecified atom stereocenters. The van der Waals surface area contributed by atoms with Crippen molar-refractivity contribution in [3.63, 3.8) is 0 Å². The second-order valence-electron chi connectivity index (χ2n) is 8.88. The van der Waals surface area contributed by atoms with E-state index in [4.69, 9.17) is 0 Å². The Labute approximate surface area is 190 Å². The van der Waals surface area contributed by atoms with Gasteiger partial charge in [-0.25, -0.2) is 8.42 Å². The molecular formula is C25H45NO4S. The Bertz CT molecular complexity index is 704. The van der Waals surface area contributed by atoms with E-state index in [0.29, 0.717) is 12.0 Å². The Hall–Kier alpha value is -1.43. The minimum Gasteiger partial charge on any atom is -0.508 e. The van der Waals surface area contributed by atoms with Gasteiger partial charge in [-0.2, -0.15) is 0 Å². The third-order valence-corrected chi connectivity index (χ3v) is 7.20. The van der Waals surface area contributed by atoms with Gasteiger partial charge in [0.2, 0.25) is 10.0 Å². The number of rotatable bonds is 19. The average Bonchev–Trinajstić information content (AvgIpc) is 2.71. The van der Waals surface area contributed by atoms with Gasteiger partial charge in [0.1, 0.15) is 11.5 Å². The zero-order valence-electron chi connectivity index (χ0n) is 19.8. The number of aromatic hydroxyl groups is 2. The van der Waals surface area contributed by atoms with Gasteiger partial charge >= 0.3 is 0 Å². The maximum Gasteiger partial charge on any atom is 0.232 e. The van der Waals surface area contributed by atoms with E-state index in [1.54, 1.807) is 6.92 Å². The monoisotopic (exact) mass is 455 g/mol. The Balaban J connectivity index is 1.98. The number of sulfonamides is 1. The summed E-state index contributed by atoms with van der Waals surface area (Å²) >= 11 is 0. The van der Waals surface area contributed by atoms with Crippen LogP contribution in [0.3, 0.4) is 0 Å². The van der Waals surface area contributed by atoms with E-state index in [-0.39, 0.29) is 22.9 Å². The highest BCUT2D eigenvalue weighted by molar-refractivity contribution is 7.92. The first-order valence-electron chi connectivity index (χ1n) is 12.4. The number of unbranched alkanes of at least 4 members (excludes halogenated alkanes) is 15. The summed E-state index contributed by atoms with van der Waals surface area (Å²) in [5.41, 5.74) is 0.526. The van der Waals surface area contributed by atoms with Crippen LogP contribution in [-0.2, 0) is 10.0 Å². The second-order valence-corrected chi connectivity index (χ2v) is 10.7. The lowest BCUT2D eigenvalue weighted by Gasteiger charge is -2.11. The molecule has 1 rings (SSSR count). The van der Waals surface area contributed by atoms with Crippen LogP contribution in [0.4, 0.5) is 5.69 Å². The fourth-order valence-electron chi connectivity index (χ4n) is 3.82. The van der Waals surface area contributed by atoms with Gasteiger partial charge in [-0.05, 0) is 25.0 Å². The van der Waals surface area contributed by atoms with Crippen LogP contribution in [0.1, 0.15) is 115 Å². The molecule has 0 amide bonds. The van der Waals surface area contributed by atoms with Gasteiger partial charge in [0.15, 0.2) is 0 Å². The van der Waals surface area contributed by atoms with Crippen molar-refractivity contribution < 1.29 is 18.6 Å². The minimum atomic E-state index is -3.53.